The number of benzene rings is 1. The van der Waals surface area contributed by atoms with E-state index >= 15 is 0 Å². The van der Waals surface area contributed by atoms with Gasteiger partial charge in [0.1, 0.15) is 12.4 Å². The van der Waals surface area contributed by atoms with Crippen LogP contribution in [-0.4, -0.2) is 11.7 Å². The van der Waals surface area contributed by atoms with Crippen LogP contribution in [0.5, 0.6) is 5.75 Å². The molecule has 2 N–H and O–H groups in total. The molecule has 0 spiro atoms. The van der Waals surface area contributed by atoms with Crippen LogP contribution in [0.4, 0.5) is 0 Å². The molecule has 0 atom stereocenters. The Labute approximate surface area is 101 Å². The van der Waals surface area contributed by atoms with E-state index in [1.54, 1.807) is 7.11 Å². The van der Waals surface area contributed by atoms with Crippen LogP contribution in [0.15, 0.2) is 24.3 Å². The van der Waals surface area contributed by atoms with Crippen LogP contribution in [0.25, 0.3) is 10.9 Å². The Morgan fingerprint density at radius 3 is 2.71 bits per heavy atom. The highest BCUT2D eigenvalue weighted by molar-refractivity contribution is 5.87. The maximum Gasteiger partial charge on any atom is 0.128 e. The van der Waals surface area contributed by atoms with Crippen LogP contribution >= 0.6 is 0 Å². The van der Waals surface area contributed by atoms with Crippen molar-refractivity contribution in [2.45, 2.75) is 26.5 Å². The van der Waals surface area contributed by atoms with Crippen molar-refractivity contribution in [3.05, 3.63) is 30.0 Å². The van der Waals surface area contributed by atoms with E-state index in [9.17, 15) is 0 Å². The van der Waals surface area contributed by atoms with Crippen molar-refractivity contribution in [3.63, 3.8) is 0 Å². The van der Waals surface area contributed by atoms with Gasteiger partial charge in [0.05, 0.1) is 12.6 Å². The average Bonchev–Trinajstić information content (AvgIpc) is 2.67. The first-order chi connectivity index (χ1) is 8.19. The Morgan fingerprint density at radius 1 is 1.35 bits per heavy atom. The van der Waals surface area contributed by atoms with Gasteiger partial charge < -0.3 is 9.30 Å². The van der Waals surface area contributed by atoms with Crippen molar-refractivity contribution < 1.29 is 9.57 Å². The predicted molar refractivity (Wildman–Crippen MR) is 67.9 cm³/mol. The quantitative estimate of drug-likeness (QED) is 0.827. The second-order valence-electron chi connectivity index (χ2n) is 4.30. The smallest absolute Gasteiger partial charge is 0.128 e. The summed E-state index contributed by atoms with van der Waals surface area (Å²) in [5.74, 6) is 6.05. The number of aromatic nitrogens is 1. The molecule has 0 aliphatic rings. The molecule has 17 heavy (non-hydrogen) atoms. The molecule has 0 amide bonds. The SMILES string of the molecule is COc1cccc2c1cc(CON)n2C(C)C. The van der Waals surface area contributed by atoms with E-state index in [0.717, 1.165) is 22.3 Å². The highest BCUT2D eigenvalue weighted by atomic mass is 16.6. The molecule has 92 valence electrons. The van der Waals surface area contributed by atoms with Crippen molar-refractivity contribution >= 4 is 10.9 Å². The zero-order chi connectivity index (χ0) is 12.4. The Bertz CT molecular complexity index is 517. The molecule has 0 saturated carbocycles. The van der Waals surface area contributed by atoms with Gasteiger partial charge >= 0.3 is 0 Å². The number of methoxy groups -OCH3 is 1. The van der Waals surface area contributed by atoms with Gasteiger partial charge in [-0.15, -0.1) is 0 Å². The first kappa shape index (κ1) is 12.0. The second-order valence-corrected chi connectivity index (χ2v) is 4.30. The number of nitrogens with two attached hydrogens (primary N) is 1. The van der Waals surface area contributed by atoms with Gasteiger partial charge in [-0.1, -0.05) is 6.07 Å². The third-order valence-electron chi connectivity index (χ3n) is 2.89. The van der Waals surface area contributed by atoms with Crippen molar-refractivity contribution in [1.82, 2.24) is 4.57 Å². The largest absolute Gasteiger partial charge is 0.496 e. The van der Waals surface area contributed by atoms with Crippen LogP contribution in [0, 0.1) is 0 Å². The summed E-state index contributed by atoms with van der Waals surface area (Å²) < 4.78 is 7.58. The highest BCUT2D eigenvalue weighted by Gasteiger charge is 2.13. The summed E-state index contributed by atoms with van der Waals surface area (Å²) in [4.78, 5) is 4.76. The van der Waals surface area contributed by atoms with Gasteiger partial charge in [0, 0.05) is 17.1 Å². The van der Waals surface area contributed by atoms with E-state index in [2.05, 4.69) is 30.5 Å². The Hall–Kier alpha value is -1.52. The van der Waals surface area contributed by atoms with Crippen LogP contribution in [0.1, 0.15) is 25.6 Å². The number of nitrogens with zero attached hydrogens (tertiary/aromatic N) is 1. The van der Waals surface area contributed by atoms with Crippen molar-refractivity contribution in [3.8, 4) is 5.75 Å². The van der Waals surface area contributed by atoms with Crippen molar-refractivity contribution in [2.24, 2.45) is 5.90 Å². The van der Waals surface area contributed by atoms with E-state index in [1.165, 1.54) is 0 Å². The van der Waals surface area contributed by atoms with Crippen molar-refractivity contribution in [1.29, 1.82) is 0 Å². The monoisotopic (exact) mass is 234 g/mol. The fourth-order valence-corrected chi connectivity index (χ4v) is 2.26. The number of hydrogen-bond donors (Lipinski definition) is 1. The van der Waals surface area contributed by atoms with Crippen LogP contribution < -0.4 is 10.6 Å². The molecular formula is C13H18N2O2. The minimum atomic E-state index is 0.352. The molecule has 0 fully saturated rings. The zero-order valence-electron chi connectivity index (χ0n) is 10.4. The summed E-state index contributed by atoms with van der Waals surface area (Å²) in [7, 11) is 1.68. The molecule has 1 heterocycles. The van der Waals surface area contributed by atoms with E-state index in [4.69, 9.17) is 15.5 Å². The summed E-state index contributed by atoms with van der Waals surface area (Å²) in [5.41, 5.74) is 2.20. The first-order valence-electron chi connectivity index (χ1n) is 5.67. The molecule has 0 radical (unpaired) electrons. The summed E-state index contributed by atoms with van der Waals surface area (Å²) in [6.07, 6.45) is 0. The Morgan fingerprint density at radius 2 is 2.12 bits per heavy atom. The minimum absolute atomic E-state index is 0.352. The molecule has 0 unspecified atom stereocenters. The predicted octanol–water partition coefficient (Wildman–Crippen LogP) is 2.62. The molecule has 2 aromatic rings. The molecule has 1 aromatic heterocycles. The maximum atomic E-state index is 5.37. The minimum Gasteiger partial charge on any atom is -0.496 e. The van der Waals surface area contributed by atoms with Gasteiger partial charge in [-0.05, 0) is 32.0 Å². The lowest BCUT2D eigenvalue weighted by Gasteiger charge is -2.14. The molecule has 0 aliphatic carbocycles. The first-order valence-corrected chi connectivity index (χ1v) is 5.67. The van der Waals surface area contributed by atoms with Gasteiger partial charge in [-0.25, -0.2) is 5.90 Å². The van der Waals surface area contributed by atoms with Gasteiger partial charge in [-0.2, -0.15) is 0 Å². The van der Waals surface area contributed by atoms with E-state index in [1.807, 2.05) is 12.1 Å². The third kappa shape index (κ3) is 2.01. The van der Waals surface area contributed by atoms with Gasteiger partial charge in [0.25, 0.3) is 0 Å². The van der Waals surface area contributed by atoms with Crippen molar-refractivity contribution in [2.75, 3.05) is 7.11 Å². The summed E-state index contributed by atoms with van der Waals surface area (Å²) in [6, 6.07) is 8.45. The summed E-state index contributed by atoms with van der Waals surface area (Å²) in [6.45, 7) is 4.67. The normalized spacial score (nSPS) is 11.4. The van der Waals surface area contributed by atoms with Gasteiger partial charge in [0.2, 0.25) is 0 Å². The highest BCUT2D eigenvalue weighted by Crippen LogP contribution is 2.31. The zero-order valence-corrected chi connectivity index (χ0v) is 10.4. The van der Waals surface area contributed by atoms with E-state index < -0.39 is 0 Å². The van der Waals surface area contributed by atoms with Crippen LogP contribution in [0.3, 0.4) is 0 Å². The fourth-order valence-electron chi connectivity index (χ4n) is 2.26. The molecule has 0 saturated heterocycles. The average molecular weight is 234 g/mol. The lowest BCUT2D eigenvalue weighted by atomic mass is 10.2. The molecule has 0 aliphatic heterocycles. The lowest BCUT2D eigenvalue weighted by Crippen LogP contribution is -2.08. The standard InChI is InChI=1S/C13H18N2O2/c1-9(2)15-10(8-17-14)7-11-12(15)5-4-6-13(11)16-3/h4-7,9H,8,14H2,1-3H3. The molecule has 2 rings (SSSR count). The second kappa shape index (κ2) is 4.77. The Kier molecular flexibility index (Phi) is 3.36. The summed E-state index contributed by atoms with van der Waals surface area (Å²) >= 11 is 0. The maximum absolute atomic E-state index is 5.37. The molecule has 4 nitrogen and oxygen atoms in total. The fraction of sp³-hybridized carbons (Fsp3) is 0.385. The van der Waals surface area contributed by atoms with Gasteiger partial charge in [0.15, 0.2) is 0 Å². The molecule has 4 heteroatoms. The van der Waals surface area contributed by atoms with Crippen LogP contribution in [0.2, 0.25) is 0 Å². The van der Waals surface area contributed by atoms with Gasteiger partial charge in [-0.3, -0.25) is 4.84 Å². The topological polar surface area (TPSA) is 49.4 Å². The molecule has 1 aromatic carbocycles. The third-order valence-corrected chi connectivity index (χ3v) is 2.89. The molecular weight excluding hydrogens is 216 g/mol. The number of hydrogen-bond acceptors (Lipinski definition) is 3. The van der Waals surface area contributed by atoms with E-state index in [0.29, 0.717) is 12.6 Å². The lowest BCUT2D eigenvalue weighted by molar-refractivity contribution is 0.118. The number of rotatable bonds is 4. The Balaban J connectivity index is 2.69. The van der Waals surface area contributed by atoms with Crippen LogP contribution in [-0.2, 0) is 11.4 Å². The summed E-state index contributed by atoms with van der Waals surface area (Å²) in [5, 5.41) is 1.09. The molecule has 0 bridgehead atoms. The number of ether oxygens (including phenoxy) is 1. The van der Waals surface area contributed by atoms with E-state index in [-0.39, 0.29) is 0 Å². The number of fused-ring (bicyclic) bond motifs is 1.